The lowest BCUT2D eigenvalue weighted by Gasteiger charge is -2.34. The molecule has 1 atom stereocenters. The maximum absolute atomic E-state index is 12.6. The minimum atomic E-state index is -3.40. The summed E-state index contributed by atoms with van der Waals surface area (Å²) in [6.07, 6.45) is 5.24. The van der Waals surface area contributed by atoms with E-state index in [4.69, 9.17) is 19.2 Å². The number of likely N-dealkylation sites (tertiary alicyclic amines) is 1. The molecule has 1 aromatic heterocycles. The van der Waals surface area contributed by atoms with Crippen molar-refractivity contribution in [3.63, 3.8) is 0 Å². The Balaban J connectivity index is 0.00000221. The number of carbonyl (C=O) groups is 1. The van der Waals surface area contributed by atoms with Gasteiger partial charge >= 0.3 is 6.09 Å². The normalized spacial score (nSPS) is 16.4. The van der Waals surface area contributed by atoms with E-state index in [9.17, 15) is 13.2 Å². The Morgan fingerprint density at radius 3 is 2.44 bits per heavy atom. The molecule has 0 spiro atoms. The van der Waals surface area contributed by atoms with E-state index in [0.29, 0.717) is 36.2 Å². The number of anilines is 2. The summed E-state index contributed by atoms with van der Waals surface area (Å²) in [5.74, 6) is 1.99. The topological polar surface area (TPSA) is 120 Å². The van der Waals surface area contributed by atoms with Crippen molar-refractivity contribution < 1.29 is 27.4 Å². The van der Waals surface area contributed by atoms with Gasteiger partial charge < -0.3 is 24.4 Å². The first-order valence-electron chi connectivity index (χ1n) is 16.5. The summed E-state index contributed by atoms with van der Waals surface area (Å²) in [6, 6.07) is 14.8. The van der Waals surface area contributed by atoms with E-state index in [-0.39, 0.29) is 17.1 Å². The Hall–Kier alpha value is -4.38. The predicted octanol–water partition coefficient (Wildman–Crippen LogP) is 7.92. The predicted molar refractivity (Wildman–Crippen MR) is 189 cm³/mol. The number of amides is 1. The molecule has 0 aliphatic carbocycles. The second kappa shape index (κ2) is 14.0. The smallest absolute Gasteiger partial charge is 0.410 e. The number of para-hydroxylation sites is 1. The summed E-state index contributed by atoms with van der Waals surface area (Å²) >= 11 is 0. The van der Waals surface area contributed by atoms with Crippen molar-refractivity contribution in [3.8, 4) is 22.6 Å². The number of benzene rings is 3. The molecule has 0 bridgehead atoms. The van der Waals surface area contributed by atoms with Gasteiger partial charge in [0.25, 0.3) is 0 Å². The minimum Gasteiger partial charge on any atom is -0.496 e. The number of sulfone groups is 1. The number of carbonyl (C=O) groups excluding carboxylic acids is 1. The Morgan fingerprint density at radius 1 is 1.04 bits per heavy atom. The summed E-state index contributed by atoms with van der Waals surface area (Å²) in [4.78, 5) is 24.1. The molecule has 48 heavy (non-hydrogen) atoms. The zero-order valence-electron chi connectivity index (χ0n) is 29.1. The summed E-state index contributed by atoms with van der Waals surface area (Å²) in [6.45, 7) is 13.0. The standard InChI is InChI=1S/C35H40N4O6S.C2H6/c1-21-18-28-25(22-14-16-39(17-15-22)34(40)45-35(2,3)4)12-13-29(32(28)44-21)37-33-36-20-23-8-7-9-27(31(23)38-33)26-11-10-24(46(6,41)42)19-30(26)43-5;1-2/h7-13,19-22H,14-18H2,1-6H3,(H,36,37,38);1-2H3. The molecule has 11 heteroatoms. The van der Waals surface area contributed by atoms with Crippen LogP contribution in [0.3, 0.4) is 0 Å². The van der Waals surface area contributed by atoms with Crippen LogP contribution in [0.4, 0.5) is 16.4 Å². The van der Waals surface area contributed by atoms with Crippen LogP contribution >= 0.6 is 0 Å². The quantitative estimate of drug-likeness (QED) is 0.218. The zero-order chi connectivity index (χ0) is 34.8. The average molecular weight is 675 g/mol. The Bertz CT molecular complexity index is 1910. The largest absolute Gasteiger partial charge is 0.496 e. The van der Waals surface area contributed by atoms with E-state index in [1.165, 1.54) is 30.6 Å². The van der Waals surface area contributed by atoms with E-state index in [2.05, 4.69) is 23.3 Å². The van der Waals surface area contributed by atoms with Crippen LogP contribution in [-0.4, -0.2) is 67.5 Å². The number of ether oxygens (including phenoxy) is 3. The van der Waals surface area contributed by atoms with Gasteiger partial charge in [0, 0.05) is 54.0 Å². The molecule has 1 unspecified atom stereocenters. The molecule has 1 N–H and O–H groups in total. The van der Waals surface area contributed by atoms with E-state index < -0.39 is 15.4 Å². The number of piperidine rings is 1. The number of rotatable bonds is 6. The fourth-order valence-electron chi connectivity index (χ4n) is 6.28. The highest BCUT2D eigenvalue weighted by atomic mass is 32.2. The van der Waals surface area contributed by atoms with Gasteiger partial charge in [-0.1, -0.05) is 38.1 Å². The highest BCUT2D eigenvalue weighted by Gasteiger charge is 2.32. The van der Waals surface area contributed by atoms with Gasteiger partial charge in [-0.3, -0.25) is 0 Å². The zero-order valence-corrected chi connectivity index (χ0v) is 29.9. The molecule has 1 fully saturated rings. The molecule has 1 amide bonds. The van der Waals surface area contributed by atoms with Crippen molar-refractivity contribution in [2.24, 2.45) is 0 Å². The van der Waals surface area contributed by atoms with E-state index in [0.717, 1.165) is 47.2 Å². The van der Waals surface area contributed by atoms with Crippen LogP contribution in [0.15, 0.2) is 59.6 Å². The van der Waals surface area contributed by atoms with Crippen molar-refractivity contribution in [2.45, 2.75) is 83.3 Å². The van der Waals surface area contributed by atoms with Crippen LogP contribution in [0.2, 0.25) is 0 Å². The molecular formula is C37H46N4O6S. The van der Waals surface area contributed by atoms with Gasteiger partial charge in [-0.25, -0.2) is 23.2 Å². The van der Waals surface area contributed by atoms with Crippen LogP contribution in [0.5, 0.6) is 11.5 Å². The molecule has 0 saturated carbocycles. The number of nitrogens with one attached hydrogen (secondary N) is 1. The number of hydrogen-bond acceptors (Lipinski definition) is 9. The Kier molecular flexibility index (Phi) is 10.2. The number of fused-ring (bicyclic) bond motifs is 2. The van der Waals surface area contributed by atoms with Crippen LogP contribution in [0, 0.1) is 0 Å². The van der Waals surface area contributed by atoms with Crippen LogP contribution in [-0.2, 0) is 21.0 Å². The molecule has 1 saturated heterocycles. The third kappa shape index (κ3) is 7.51. The van der Waals surface area contributed by atoms with Crippen LogP contribution < -0.4 is 14.8 Å². The molecule has 10 nitrogen and oxygen atoms in total. The van der Waals surface area contributed by atoms with E-state index in [1.54, 1.807) is 23.2 Å². The Morgan fingerprint density at radius 2 is 1.77 bits per heavy atom. The van der Waals surface area contributed by atoms with Gasteiger partial charge in [0.05, 0.1) is 23.2 Å². The van der Waals surface area contributed by atoms with Gasteiger partial charge in [-0.15, -0.1) is 0 Å². The van der Waals surface area contributed by atoms with Gasteiger partial charge in [0.1, 0.15) is 23.2 Å². The summed E-state index contributed by atoms with van der Waals surface area (Å²) < 4.78 is 41.8. The van der Waals surface area contributed by atoms with Gasteiger partial charge in [-0.2, -0.15) is 0 Å². The number of methoxy groups -OCH3 is 1. The highest BCUT2D eigenvalue weighted by molar-refractivity contribution is 7.90. The van der Waals surface area contributed by atoms with Crippen molar-refractivity contribution >= 4 is 38.5 Å². The van der Waals surface area contributed by atoms with Crippen LogP contribution in [0.1, 0.15) is 71.4 Å². The number of hydrogen-bond donors (Lipinski definition) is 1. The molecule has 2 aliphatic heterocycles. The van der Waals surface area contributed by atoms with Crippen molar-refractivity contribution in [3.05, 3.63) is 65.9 Å². The van der Waals surface area contributed by atoms with E-state index >= 15 is 0 Å². The minimum absolute atomic E-state index is 0.0325. The lowest BCUT2D eigenvalue weighted by Crippen LogP contribution is -2.41. The summed E-state index contributed by atoms with van der Waals surface area (Å²) in [7, 11) is -1.88. The first kappa shape index (κ1) is 34.9. The van der Waals surface area contributed by atoms with Crippen molar-refractivity contribution in [2.75, 3.05) is 31.8 Å². The van der Waals surface area contributed by atoms with Gasteiger partial charge in [-0.05, 0) is 76.3 Å². The van der Waals surface area contributed by atoms with Gasteiger partial charge in [0.2, 0.25) is 5.95 Å². The molecule has 2 aliphatic rings. The molecular weight excluding hydrogens is 628 g/mol. The third-order valence-electron chi connectivity index (χ3n) is 8.44. The molecule has 256 valence electrons. The summed E-state index contributed by atoms with van der Waals surface area (Å²) in [5.41, 5.74) is 4.95. The SMILES string of the molecule is CC.COc1cc(S(C)(=O)=O)ccc1-c1cccc2cnc(Nc3ccc(C4CCN(C(=O)OC(C)(C)C)CC4)c4c3OC(C)C4)nc12. The first-order chi connectivity index (χ1) is 22.8. The molecule has 0 radical (unpaired) electrons. The average Bonchev–Trinajstić information content (AvgIpc) is 3.46. The monoisotopic (exact) mass is 674 g/mol. The molecule has 6 rings (SSSR count). The summed E-state index contributed by atoms with van der Waals surface area (Å²) in [5, 5.41) is 4.23. The molecule has 4 aromatic rings. The Labute approximate surface area is 283 Å². The van der Waals surface area contributed by atoms with Crippen LogP contribution in [0.25, 0.3) is 22.0 Å². The third-order valence-corrected chi connectivity index (χ3v) is 9.55. The van der Waals surface area contributed by atoms with E-state index in [1.807, 2.05) is 58.9 Å². The van der Waals surface area contributed by atoms with Crippen molar-refractivity contribution in [1.82, 2.24) is 14.9 Å². The fourth-order valence-corrected chi connectivity index (χ4v) is 6.91. The highest BCUT2D eigenvalue weighted by Crippen LogP contribution is 2.44. The van der Waals surface area contributed by atoms with Crippen molar-refractivity contribution in [1.29, 1.82) is 0 Å². The second-order valence-corrected chi connectivity index (χ2v) is 15.1. The first-order valence-corrected chi connectivity index (χ1v) is 18.4. The lowest BCUT2D eigenvalue weighted by molar-refractivity contribution is 0.0204. The lowest BCUT2D eigenvalue weighted by atomic mass is 9.85. The second-order valence-electron chi connectivity index (χ2n) is 13.1. The fraction of sp³-hybridized carbons (Fsp3) is 0.432. The molecule has 3 heterocycles. The number of aromatic nitrogens is 2. The molecule has 3 aromatic carbocycles. The maximum Gasteiger partial charge on any atom is 0.410 e. The number of nitrogens with zero attached hydrogens (tertiary/aromatic N) is 3. The maximum atomic E-state index is 12.6. The van der Waals surface area contributed by atoms with Gasteiger partial charge in [0.15, 0.2) is 9.84 Å².